The molecule has 0 spiro atoms. The Bertz CT molecular complexity index is 908. The second-order valence-electron chi connectivity index (χ2n) is 7.28. The third-order valence-corrected chi connectivity index (χ3v) is 5.89. The van der Waals surface area contributed by atoms with E-state index in [-0.39, 0.29) is 5.82 Å². The van der Waals surface area contributed by atoms with E-state index < -0.39 is 0 Å². The molecule has 4 nitrogen and oxygen atoms in total. The Morgan fingerprint density at radius 1 is 1.11 bits per heavy atom. The molecule has 0 unspecified atom stereocenters. The summed E-state index contributed by atoms with van der Waals surface area (Å²) in [5, 5.41) is 4.14. The van der Waals surface area contributed by atoms with E-state index in [9.17, 15) is 4.39 Å². The van der Waals surface area contributed by atoms with E-state index in [1.54, 1.807) is 6.07 Å². The molecule has 1 N–H and O–H groups in total. The molecule has 3 aromatic rings. The van der Waals surface area contributed by atoms with Gasteiger partial charge in [-0.1, -0.05) is 18.6 Å². The first kappa shape index (κ1) is 19.2. The molecule has 1 fully saturated rings. The predicted molar refractivity (Wildman–Crippen MR) is 114 cm³/mol. The molecule has 2 aromatic carbocycles. The lowest BCUT2D eigenvalue weighted by atomic mass is 10.1. The van der Waals surface area contributed by atoms with Crippen LogP contribution in [0.15, 0.2) is 42.5 Å². The molecule has 0 atom stereocenters. The number of aromatic nitrogens is 1. The summed E-state index contributed by atoms with van der Waals surface area (Å²) in [5.41, 5.74) is 1.31. The molecule has 0 radical (unpaired) electrons. The fourth-order valence-electron chi connectivity index (χ4n) is 3.62. The molecule has 1 aliphatic rings. The highest BCUT2D eigenvalue weighted by Gasteiger charge is 2.11. The largest absolute Gasteiger partial charge is 0.494 e. The summed E-state index contributed by atoms with van der Waals surface area (Å²) >= 11 is 1.38. The number of nitrogens with zero attached hydrogens (tertiary/aromatic N) is 2. The van der Waals surface area contributed by atoms with Crippen LogP contribution in [-0.4, -0.2) is 35.5 Å². The van der Waals surface area contributed by atoms with Gasteiger partial charge in [-0.3, -0.25) is 4.90 Å². The fraction of sp³-hybridized carbons (Fsp3) is 0.409. The first-order valence-corrected chi connectivity index (χ1v) is 10.8. The minimum absolute atomic E-state index is 0.233. The fourth-order valence-corrected chi connectivity index (χ4v) is 4.35. The molecular weight excluding hydrogens is 373 g/mol. The molecule has 0 bridgehead atoms. The lowest BCUT2D eigenvalue weighted by Gasteiger charge is -2.26. The van der Waals surface area contributed by atoms with Crippen molar-refractivity contribution in [2.24, 2.45) is 0 Å². The van der Waals surface area contributed by atoms with Crippen LogP contribution in [0.3, 0.4) is 0 Å². The number of anilines is 1. The number of fused-ring (bicyclic) bond motifs is 1. The zero-order valence-electron chi connectivity index (χ0n) is 16.0. The molecule has 6 heteroatoms. The van der Waals surface area contributed by atoms with Crippen LogP contribution in [0.4, 0.5) is 10.2 Å². The first-order chi connectivity index (χ1) is 13.8. The standard InChI is InChI=1S/C22H26FN3OS/c23-18-8-9-21-20(15-18)22(25-28-21)24-10-5-13-27-19-7-4-6-17(14-19)16-26-11-2-1-3-12-26/h4,6-9,14-15H,1-3,5,10-13,16H2,(H,24,25). The van der Waals surface area contributed by atoms with Crippen molar-refractivity contribution in [1.82, 2.24) is 9.27 Å². The second-order valence-corrected chi connectivity index (χ2v) is 8.09. The maximum Gasteiger partial charge on any atom is 0.147 e. The summed E-state index contributed by atoms with van der Waals surface area (Å²) in [6.45, 7) is 4.78. The minimum Gasteiger partial charge on any atom is -0.494 e. The summed E-state index contributed by atoms with van der Waals surface area (Å²) in [6, 6.07) is 13.2. The van der Waals surface area contributed by atoms with Crippen LogP contribution in [0.2, 0.25) is 0 Å². The van der Waals surface area contributed by atoms with Gasteiger partial charge in [0.2, 0.25) is 0 Å². The number of benzene rings is 2. The van der Waals surface area contributed by atoms with E-state index in [0.717, 1.165) is 41.2 Å². The van der Waals surface area contributed by atoms with Crippen LogP contribution < -0.4 is 10.1 Å². The Balaban J connectivity index is 1.22. The molecule has 148 valence electrons. The van der Waals surface area contributed by atoms with E-state index >= 15 is 0 Å². The van der Waals surface area contributed by atoms with Crippen LogP contribution in [-0.2, 0) is 6.54 Å². The number of nitrogens with one attached hydrogen (secondary N) is 1. The predicted octanol–water partition coefficient (Wildman–Crippen LogP) is 5.30. The van der Waals surface area contributed by atoms with E-state index in [1.807, 2.05) is 6.07 Å². The molecule has 0 amide bonds. The Morgan fingerprint density at radius 2 is 2.00 bits per heavy atom. The molecule has 1 aliphatic heterocycles. The SMILES string of the molecule is Fc1ccc2snc(NCCCOc3cccc(CN4CCCCC4)c3)c2c1. The van der Waals surface area contributed by atoms with Crippen molar-refractivity contribution >= 4 is 27.4 Å². The second kappa shape index (κ2) is 9.34. The molecule has 4 rings (SSSR count). The van der Waals surface area contributed by atoms with Crippen molar-refractivity contribution in [1.29, 1.82) is 0 Å². The number of likely N-dealkylation sites (tertiary alicyclic amines) is 1. The molecule has 1 saturated heterocycles. The van der Waals surface area contributed by atoms with Crippen molar-refractivity contribution in [3.63, 3.8) is 0 Å². The van der Waals surface area contributed by atoms with E-state index in [4.69, 9.17) is 4.74 Å². The molecule has 28 heavy (non-hydrogen) atoms. The maximum absolute atomic E-state index is 13.4. The highest BCUT2D eigenvalue weighted by atomic mass is 32.1. The average Bonchev–Trinajstić information content (AvgIpc) is 3.11. The number of ether oxygens (including phenoxy) is 1. The number of halogens is 1. The van der Waals surface area contributed by atoms with Gasteiger partial charge in [0.25, 0.3) is 0 Å². The normalized spacial score (nSPS) is 15.0. The Hall–Kier alpha value is -2.18. The maximum atomic E-state index is 13.4. The Labute approximate surface area is 169 Å². The Kier molecular flexibility index (Phi) is 6.39. The van der Waals surface area contributed by atoms with Crippen molar-refractivity contribution in [2.45, 2.75) is 32.2 Å². The topological polar surface area (TPSA) is 37.4 Å². The molecular formula is C22H26FN3OS. The van der Waals surface area contributed by atoms with Gasteiger partial charge in [-0.2, -0.15) is 4.37 Å². The van der Waals surface area contributed by atoms with Crippen LogP contribution in [0.25, 0.3) is 10.1 Å². The minimum atomic E-state index is -0.233. The van der Waals surface area contributed by atoms with Gasteiger partial charge in [0.1, 0.15) is 17.4 Å². The van der Waals surface area contributed by atoms with Crippen LogP contribution in [0.5, 0.6) is 5.75 Å². The third-order valence-electron chi connectivity index (χ3n) is 5.07. The van der Waals surface area contributed by atoms with Crippen molar-refractivity contribution in [2.75, 3.05) is 31.6 Å². The Morgan fingerprint density at radius 3 is 2.89 bits per heavy atom. The smallest absolute Gasteiger partial charge is 0.147 e. The van der Waals surface area contributed by atoms with Gasteiger partial charge in [0, 0.05) is 18.5 Å². The summed E-state index contributed by atoms with van der Waals surface area (Å²) in [5.74, 6) is 1.45. The van der Waals surface area contributed by atoms with E-state index in [1.165, 1.54) is 61.6 Å². The number of piperidine rings is 1. The monoisotopic (exact) mass is 399 g/mol. The van der Waals surface area contributed by atoms with Crippen molar-refractivity contribution in [3.8, 4) is 5.75 Å². The van der Waals surface area contributed by atoms with Gasteiger partial charge in [-0.05, 0) is 79.8 Å². The number of rotatable bonds is 8. The van der Waals surface area contributed by atoms with Gasteiger partial charge in [-0.25, -0.2) is 4.39 Å². The number of hydrogen-bond donors (Lipinski definition) is 1. The van der Waals surface area contributed by atoms with Crippen LogP contribution >= 0.6 is 11.5 Å². The van der Waals surface area contributed by atoms with E-state index in [0.29, 0.717) is 6.61 Å². The average molecular weight is 400 g/mol. The highest BCUT2D eigenvalue weighted by Crippen LogP contribution is 2.27. The summed E-state index contributed by atoms with van der Waals surface area (Å²) in [4.78, 5) is 2.52. The summed E-state index contributed by atoms with van der Waals surface area (Å²) < 4.78 is 24.7. The lowest BCUT2D eigenvalue weighted by molar-refractivity contribution is 0.220. The van der Waals surface area contributed by atoms with Crippen molar-refractivity contribution < 1.29 is 9.13 Å². The highest BCUT2D eigenvalue weighted by molar-refractivity contribution is 7.13. The van der Waals surface area contributed by atoms with Gasteiger partial charge < -0.3 is 10.1 Å². The lowest BCUT2D eigenvalue weighted by Crippen LogP contribution is -2.29. The van der Waals surface area contributed by atoms with Gasteiger partial charge >= 0.3 is 0 Å². The zero-order chi connectivity index (χ0) is 19.2. The molecule has 0 aliphatic carbocycles. The molecule has 2 heterocycles. The summed E-state index contributed by atoms with van der Waals surface area (Å²) in [6.07, 6.45) is 4.83. The quantitative estimate of drug-likeness (QED) is 0.522. The van der Waals surface area contributed by atoms with E-state index in [2.05, 4.69) is 32.8 Å². The van der Waals surface area contributed by atoms with Crippen LogP contribution in [0, 0.1) is 5.82 Å². The van der Waals surface area contributed by atoms with Gasteiger partial charge in [0.15, 0.2) is 0 Å². The first-order valence-electron chi connectivity index (χ1n) is 10.0. The van der Waals surface area contributed by atoms with Gasteiger partial charge in [0.05, 0.1) is 11.3 Å². The number of hydrogen-bond acceptors (Lipinski definition) is 5. The van der Waals surface area contributed by atoms with Crippen LogP contribution in [0.1, 0.15) is 31.2 Å². The molecule has 0 saturated carbocycles. The van der Waals surface area contributed by atoms with Crippen molar-refractivity contribution in [3.05, 3.63) is 53.8 Å². The summed E-state index contributed by atoms with van der Waals surface area (Å²) in [7, 11) is 0. The molecule has 1 aromatic heterocycles. The zero-order valence-corrected chi connectivity index (χ0v) is 16.8. The van der Waals surface area contributed by atoms with Gasteiger partial charge in [-0.15, -0.1) is 0 Å². The third kappa shape index (κ3) is 5.00.